The van der Waals surface area contributed by atoms with E-state index in [2.05, 4.69) is 52.4 Å². The maximum atomic E-state index is 12.1. The van der Waals surface area contributed by atoms with E-state index in [4.69, 9.17) is 0 Å². The molecule has 0 aromatic carbocycles. The Kier molecular flexibility index (Phi) is 5.26. The van der Waals surface area contributed by atoms with E-state index in [1.54, 1.807) is 0 Å². The molecule has 1 aliphatic heterocycles. The third-order valence-corrected chi connectivity index (χ3v) is 5.08. The molecule has 2 aliphatic rings. The standard InChI is InChI=1S/C18H30N4O/c1-14(5-8-17-4-3-10-21(17)2)19-18(23)20-16-9-11-22(13-16)12-15-6-7-15/h3-4,10,14-16H,5-9,11-13H2,1-2H3,(H2,19,20,23)/t14-,16-/m1/s1. The van der Waals surface area contributed by atoms with Crippen LogP contribution in [0, 0.1) is 5.92 Å². The summed E-state index contributed by atoms with van der Waals surface area (Å²) in [6.45, 7) is 5.45. The largest absolute Gasteiger partial charge is 0.354 e. The van der Waals surface area contributed by atoms with Gasteiger partial charge in [-0.1, -0.05) is 0 Å². The van der Waals surface area contributed by atoms with Crippen LogP contribution in [0.2, 0.25) is 0 Å². The summed E-state index contributed by atoms with van der Waals surface area (Å²) < 4.78 is 2.14. The monoisotopic (exact) mass is 318 g/mol. The van der Waals surface area contributed by atoms with Gasteiger partial charge in [-0.15, -0.1) is 0 Å². The molecule has 0 spiro atoms. The molecular weight excluding hydrogens is 288 g/mol. The molecule has 1 aromatic rings. The van der Waals surface area contributed by atoms with Gasteiger partial charge in [0.1, 0.15) is 0 Å². The number of aryl methyl sites for hydroxylation is 2. The molecule has 2 fully saturated rings. The fourth-order valence-corrected chi connectivity index (χ4v) is 3.43. The van der Waals surface area contributed by atoms with Crippen LogP contribution in [-0.2, 0) is 13.5 Å². The number of rotatable bonds is 7. The number of hydrogen-bond donors (Lipinski definition) is 2. The van der Waals surface area contributed by atoms with Crippen molar-refractivity contribution in [2.45, 2.75) is 51.1 Å². The zero-order valence-electron chi connectivity index (χ0n) is 14.4. The van der Waals surface area contributed by atoms with Crippen LogP contribution in [-0.4, -0.2) is 47.2 Å². The van der Waals surface area contributed by atoms with Gasteiger partial charge in [0, 0.05) is 50.7 Å². The molecule has 1 saturated heterocycles. The molecule has 23 heavy (non-hydrogen) atoms. The summed E-state index contributed by atoms with van der Waals surface area (Å²) in [5.74, 6) is 0.931. The quantitative estimate of drug-likeness (QED) is 0.809. The van der Waals surface area contributed by atoms with Gasteiger partial charge in [0.2, 0.25) is 0 Å². The first-order chi connectivity index (χ1) is 11.1. The van der Waals surface area contributed by atoms with Crippen LogP contribution in [0.25, 0.3) is 0 Å². The van der Waals surface area contributed by atoms with E-state index in [0.29, 0.717) is 6.04 Å². The fourth-order valence-electron chi connectivity index (χ4n) is 3.43. The Labute approximate surface area is 139 Å². The van der Waals surface area contributed by atoms with E-state index >= 15 is 0 Å². The zero-order chi connectivity index (χ0) is 16.2. The number of aromatic nitrogens is 1. The zero-order valence-corrected chi connectivity index (χ0v) is 14.4. The molecule has 3 rings (SSSR count). The smallest absolute Gasteiger partial charge is 0.315 e. The molecule has 128 valence electrons. The van der Waals surface area contributed by atoms with Crippen molar-refractivity contribution < 1.29 is 4.79 Å². The second-order valence-electron chi connectivity index (χ2n) is 7.36. The van der Waals surface area contributed by atoms with Gasteiger partial charge in [0.05, 0.1) is 0 Å². The van der Waals surface area contributed by atoms with Gasteiger partial charge < -0.3 is 20.1 Å². The van der Waals surface area contributed by atoms with E-state index in [1.807, 2.05) is 0 Å². The van der Waals surface area contributed by atoms with Gasteiger partial charge in [-0.3, -0.25) is 0 Å². The minimum Gasteiger partial charge on any atom is -0.354 e. The van der Waals surface area contributed by atoms with Crippen molar-refractivity contribution in [3.63, 3.8) is 0 Å². The maximum Gasteiger partial charge on any atom is 0.315 e. The van der Waals surface area contributed by atoms with Gasteiger partial charge >= 0.3 is 6.03 Å². The van der Waals surface area contributed by atoms with E-state index in [1.165, 1.54) is 25.1 Å². The van der Waals surface area contributed by atoms with Crippen LogP contribution >= 0.6 is 0 Å². The van der Waals surface area contributed by atoms with Crippen LogP contribution in [0.1, 0.15) is 38.3 Å². The first kappa shape index (κ1) is 16.4. The maximum absolute atomic E-state index is 12.1. The molecule has 5 nitrogen and oxygen atoms in total. The number of nitrogens with one attached hydrogen (secondary N) is 2. The Morgan fingerprint density at radius 3 is 2.91 bits per heavy atom. The topological polar surface area (TPSA) is 49.3 Å². The number of urea groups is 1. The number of nitrogens with zero attached hydrogens (tertiary/aromatic N) is 2. The van der Waals surface area contributed by atoms with Crippen LogP contribution in [0.15, 0.2) is 18.3 Å². The Morgan fingerprint density at radius 2 is 2.22 bits per heavy atom. The Hall–Kier alpha value is -1.49. The van der Waals surface area contributed by atoms with Crippen LogP contribution in [0.3, 0.4) is 0 Å². The molecule has 1 aromatic heterocycles. The van der Waals surface area contributed by atoms with Crippen LogP contribution in [0.5, 0.6) is 0 Å². The summed E-state index contributed by atoms with van der Waals surface area (Å²) in [6, 6.07) is 4.69. The summed E-state index contributed by atoms with van der Waals surface area (Å²) in [4.78, 5) is 14.6. The number of amides is 2. The summed E-state index contributed by atoms with van der Waals surface area (Å²) in [6.07, 6.45) is 7.89. The van der Waals surface area contributed by atoms with Gasteiger partial charge in [0.15, 0.2) is 0 Å². The first-order valence-electron chi connectivity index (χ1n) is 8.99. The number of hydrogen-bond acceptors (Lipinski definition) is 2. The predicted molar refractivity (Wildman–Crippen MR) is 92.4 cm³/mol. The molecule has 0 bridgehead atoms. The molecule has 1 saturated carbocycles. The molecule has 1 aliphatic carbocycles. The molecule has 0 unspecified atom stereocenters. The Balaban J connectivity index is 1.33. The molecule has 2 N–H and O–H groups in total. The lowest BCUT2D eigenvalue weighted by molar-refractivity contribution is 0.232. The van der Waals surface area contributed by atoms with E-state index < -0.39 is 0 Å². The molecule has 5 heteroatoms. The second-order valence-corrected chi connectivity index (χ2v) is 7.36. The van der Waals surface area contributed by atoms with Crippen molar-refractivity contribution in [1.29, 1.82) is 0 Å². The third-order valence-electron chi connectivity index (χ3n) is 5.08. The third kappa shape index (κ3) is 4.99. The van der Waals surface area contributed by atoms with Crippen molar-refractivity contribution in [3.8, 4) is 0 Å². The average Bonchev–Trinajstić information content (AvgIpc) is 3.05. The van der Waals surface area contributed by atoms with Crippen molar-refractivity contribution in [1.82, 2.24) is 20.1 Å². The lowest BCUT2D eigenvalue weighted by Gasteiger charge is -2.19. The molecule has 2 heterocycles. The van der Waals surface area contributed by atoms with Crippen molar-refractivity contribution in [3.05, 3.63) is 24.0 Å². The van der Waals surface area contributed by atoms with Crippen LogP contribution in [0.4, 0.5) is 4.79 Å². The van der Waals surface area contributed by atoms with Crippen molar-refractivity contribution >= 4 is 6.03 Å². The number of carbonyl (C=O) groups excluding carboxylic acids is 1. The summed E-state index contributed by atoms with van der Waals surface area (Å²) >= 11 is 0. The normalized spacial score (nSPS) is 23.0. The number of likely N-dealkylation sites (tertiary alicyclic amines) is 1. The number of carbonyl (C=O) groups is 1. The van der Waals surface area contributed by atoms with Crippen LogP contribution < -0.4 is 10.6 Å². The van der Waals surface area contributed by atoms with E-state index in [0.717, 1.165) is 38.3 Å². The average molecular weight is 318 g/mol. The summed E-state index contributed by atoms with van der Waals surface area (Å²) in [5.41, 5.74) is 1.31. The van der Waals surface area contributed by atoms with Crippen molar-refractivity contribution in [2.75, 3.05) is 19.6 Å². The minimum atomic E-state index is -0.0114. The Morgan fingerprint density at radius 1 is 1.39 bits per heavy atom. The predicted octanol–water partition coefficient (Wildman–Crippen LogP) is 2.13. The van der Waals surface area contributed by atoms with Gasteiger partial charge in [-0.25, -0.2) is 4.79 Å². The Bertz CT molecular complexity index is 523. The lowest BCUT2D eigenvalue weighted by Crippen LogP contribution is -2.46. The molecule has 2 amide bonds. The van der Waals surface area contributed by atoms with Gasteiger partial charge in [0.25, 0.3) is 0 Å². The highest BCUT2D eigenvalue weighted by Crippen LogP contribution is 2.30. The SMILES string of the molecule is C[C@H](CCc1cccn1C)NC(=O)N[C@@H]1CCN(CC2CC2)C1. The molecule has 2 atom stereocenters. The van der Waals surface area contributed by atoms with E-state index in [-0.39, 0.29) is 12.1 Å². The second kappa shape index (κ2) is 7.39. The minimum absolute atomic E-state index is 0.0114. The molecular formula is C18H30N4O. The summed E-state index contributed by atoms with van der Waals surface area (Å²) in [5, 5.41) is 6.22. The first-order valence-corrected chi connectivity index (χ1v) is 8.99. The van der Waals surface area contributed by atoms with Gasteiger partial charge in [-0.2, -0.15) is 0 Å². The molecule has 0 radical (unpaired) electrons. The highest BCUT2D eigenvalue weighted by atomic mass is 16.2. The summed E-state index contributed by atoms with van der Waals surface area (Å²) in [7, 11) is 2.06. The highest BCUT2D eigenvalue weighted by Gasteiger charge is 2.29. The van der Waals surface area contributed by atoms with Gasteiger partial charge in [-0.05, 0) is 57.1 Å². The fraction of sp³-hybridized carbons (Fsp3) is 0.722. The van der Waals surface area contributed by atoms with Crippen molar-refractivity contribution in [2.24, 2.45) is 13.0 Å². The van der Waals surface area contributed by atoms with E-state index in [9.17, 15) is 4.79 Å². The lowest BCUT2D eigenvalue weighted by atomic mass is 10.1. The highest BCUT2D eigenvalue weighted by molar-refractivity contribution is 5.74.